The Balaban J connectivity index is 1.96. The van der Waals surface area contributed by atoms with Gasteiger partial charge < -0.3 is 10.4 Å². The summed E-state index contributed by atoms with van der Waals surface area (Å²) in [6, 6.07) is 7.59. The van der Waals surface area contributed by atoms with E-state index >= 15 is 0 Å². The number of rotatable bonds is 5. The fraction of sp³-hybridized carbons (Fsp3) is 0.357. The molecule has 0 bridgehead atoms. The van der Waals surface area contributed by atoms with Crippen molar-refractivity contribution in [2.24, 2.45) is 0 Å². The molecule has 0 radical (unpaired) electrons. The van der Waals surface area contributed by atoms with Crippen molar-refractivity contribution >= 4 is 0 Å². The molecule has 0 aliphatic carbocycles. The van der Waals surface area contributed by atoms with E-state index in [1.54, 1.807) is 6.07 Å². The summed E-state index contributed by atoms with van der Waals surface area (Å²) in [5.74, 6) is 0.335. The molecule has 0 spiro atoms. The fourth-order valence-electron chi connectivity index (χ4n) is 1.82. The van der Waals surface area contributed by atoms with Crippen molar-refractivity contribution in [1.82, 2.24) is 15.1 Å². The summed E-state index contributed by atoms with van der Waals surface area (Å²) < 4.78 is 1.91. The van der Waals surface area contributed by atoms with Gasteiger partial charge in [0.1, 0.15) is 5.75 Å². The third kappa shape index (κ3) is 2.90. The van der Waals surface area contributed by atoms with Crippen molar-refractivity contribution in [3.63, 3.8) is 0 Å². The molecule has 1 atom stereocenters. The van der Waals surface area contributed by atoms with E-state index in [4.69, 9.17) is 0 Å². The minimum atomic E-state index is 0.213. The molecule has 1 heterocycles. The van der Waals surface area contributed by atoms with Crippen molar-refractivity contribution in [3.8, 4) is 5.75 Å². The van der Waals surface area contributed by atoms with Gasteiger partial charge in [-0.25, -0.2) is 0 Å². The van der Waals surface area contributed by atoms with Gasteiger partial charge in [0.15, 0.2) is 0 Å². The average Bonchev–Trinajstić information content (AvgIpc) is 2.86. The maximum absolute atomic E-state index is 9.68. The van der Waals surface area contributed by atoms with E-state index in [9.17, 15) is 5.11 Å². The third-order valence-electron chi connectivity index (χ3n) is 3.07. The van der Waals surface area contributed by atoms with Gasteiger partial charge >= 0.3 is 0 Å². The van der Waals surface area contributed by atoms with E-state index in [0.29, 0.717) is 12.3 Å². The first-order chi connectivity index (χ1) is 8.70. The summed E-state index contributed by atoms with van der Waals surface area (Å²) in [4.78, 5) is 0. The lowest BCUT2D eigenvalue weighted by Gasteiger charge is -2.12. The maximum atomic E-state index is 9.68. The molecule has 2 rings (SSSR count). The largest absolute Gasteiger partial charge is 0.508 e. The van der Waals surface area contributed by atoms with Crippen LogP contribution in [-0.4, -0.2) is 14.9 Å². The van der Waals surface area contributed by atoms with Gasteiger partial charge in [-0.05, 0) is 19.9 Å². The third-order valence-corrected chi connectivity index (χ3v) is 3.07. The number of phenols is 1. The molecule has 0 fully saturated rings. The fourth-order valence-corrected chi connectivity index (χ4v) is 1.82. The number of nitrogens with zero attached hydrogens (tertiary/aromatic N) is 2. The average molecular weight is 245 g/mol. The van der Waals surface area contributed by atoms with Gasteiger partial charge in [-0.2, -0.15) is 5.10 Å². The first kappa shape index (κ1) is 12.6. The second-order valence-corrected chi connectivity index (χ2v) is 4.36. The summed E-state index contributed by atoms with van der Waals surface area (Å²) in [6.07, 6.45) is 3.93. The minimum absolute atomic E-state index is 0.213. The Bertz CT molecular complexity index is 507. The van der Waals surface area contributed by atoms with E-state index in [1.165, 1.54) is 0 Å². The Labute approximate surface area is 107 Å². The standard InChI is InChI=1S/C14H19N3O/c1-3-17-10-13(9-16-17)11(2)15-8-12-6-4-5-7-14(12)18/h4-7,9-11,15,18H,3,8H2,1-2H3. The highest BCUT2D eigenvalue weighted by molar-refractivity contribution is 5.31. The van der Waals surface area contributed by atoms with Crippen LogP contribution in [0.3, 0.4) is 0 Å². The van der Waals surface area contributed by atoms with Crippen LogP contribution in [-0.2, 0) is 13.1 Å². The molecule has 0 saturated heterocycles. The van der Waals surface area contributed by atoms with Crippen LogP contribution in [0, 0.1) is 0 Å². The summed E-state index contributed by atoms with van der Waals surface area (Å²) in [7, 11) is 0. The predicted molar refractivity (Wildman–Crippen MR) is 71.3 cm³/mol. The molecule has 0 amide bonds. The summed E-state index contributed by atoms with van der Waals surface area (Å²) >= 11 is 0. The molecule has 1 aromatic carbocycles. The van der Waals surface area contributed by atoms with Crippen molar-refractivity contribution < 1.29 is 5.11 Å². The van der Waals surface area contributed by atoms with Crippen LogP contribution in [0.15, 0.2) is 36.7 Å². The number of hydrogen-bond acceptors (Lipinski definition) is 3. The van der Waals surface area contributed by atoms with Crippen molar-refractivity contribution in [3.05, 3.63) is 47.8 Å². The molecular weight excluding hydrogens is 226 g/mol. The lowest BCUT2D eigenvalue weighted by Crippen LogP contribution is -2.17. The quantitative estimate of drug-likeness (QED) is 0.850. The maximum Gasteiger partial charge on any atom is 0.120 e. The summed E-state index contributed by atoms with van der Waals surface area (Å²) in [5.41, 5.74) is 2.07. The van der Waals surface area contributed by atoms with Crippen LogP contribution in [0.2, 0.25) is 0 Å². The predicted octanol–water partition coefficient (Wildman–Crippen LogP) is 2.46. The Kier molecular flexibility index (Phi) is 3.99. The van der Waals surface area contributed by atoms with Crippen LogP contribution in [0.1, 0.15) is 31.0 Å². The second kappa shape index (κ2) is 5.69. The zero-order chi connectivity index (χ0) is 13.0. The summed E-state index contributed by atoms with van der Waals surface area (Å²) in [6.45, 7) is 5.69. The number of aromatic hydroxyl groups is 1. The Morgan fingerprint density at radius 1 is 1.39 bits per heavy atom. The zero-order valence-electron chi connectivity index (χ0n) is 10.8. The van der Waals surface area contributed by atoms with Gasteiger partial charge in [0, 0.05) is 36.5 Å². The number of aryl methyl sites for hydroxylation is 1. The van der Waals surface area contributed by atoms with E-state index in [2.05, 4.69) is 24.3 Å². The molecule has 0 aliphatic heterocycles. The topological polar surface area (TPSA) is 50.1 Å². The van der Waals surface area contributed by atoms with Crippen LogP contribution in [0.4, 0.5) is 0 Å². The molecule has 0 saturated carbocycles. The van der Waals surface area contributed by atoms with Crippen LogP contribution in [0.25, 0.3) is 0 Å². The Morgan fingerprint density at radius 2 is 2.17 bits per heavy atom. The van der Waals surface area contributed by atoms with Crippen LogP contribution < -0.4 is 5.32 Å². The Hall–Kier alpha value is -1.81. The van der Waals surface area contributed by atoms with Crippen molar-refractivity contribution in [2.45, 2.75) is 33.0 Å². The monoisotopic (exact) mass is 245 g/mol. The van der Waals surface area contributed by atoms with Gasteiger partial charge in [0.25, 0.3) is 0 Å². The highest BCUT2D eigenvalue weighted by Gasteiger charge is 2.08. The molecule has 0 aliphatic rings. The first-order valence-electron chi connectivity index (χ1n) is 6.23. The number of hydrogen-bond donors (Lipinski definition) is 2. The van der Waals surface area contributed by atoms with E-state index in [-0.39, 0.29) is 6.04 Å². The van der Waals surface area contributed by atoms with Gasteiger partial charge in [-0.1, -0.05) is 18.2 Å². The molecule has 1 aromatic heterocycles. The molecule has 1 unspecified atom stereocenters. The highest BCUT2D eigenvalue weighted by Crippen LogP contribution is 2.17. The molecule has 4 nitrogen and oxygen atoms in total. The van der Waals surface area contributed by atoms with Gasteiger partial charge in [0.2, 0.25) is 0 Å². The molecule has 96 valence electrons. The Morgan fingerprint density at radius 3 is 2.83 bits per heavy atom. The molecule has 2 aromatic rings. The van der Waals surface area contributed by atoms with Crippen LogP contribution in [0.5, 0.6) is 5.75 Å². The molecule has 2 N–H and O–H groups in total. The van der Waals surface area contributed by atoms with E-state index in [1.807, 2.05) is 35.3 Å². The van der Waals surface area contributed by atoms with Crippen molar-refractivity contribution in [2.75, 3.05) is 0 Å². The van der Waals surface area contributed by atoms with E-state index < -0.39 is 0 Å². The molecule has 18 heavy (non-hydrogen) atoms. The van der Waals surface area contributed by atoms with Gasteiger partial charge in [0.05, 0.1) is 6.20 Å². The number of para-hydroxylation sites is 1. The van der Waals surface area contributed by atoms with Gasteiger partial charge in [-0.15, -0.1) is 0 Å². The van der Waals surface area contributed by atoms with Crippen LogP contribution >= 0.6 is 0 Å². The smallest absolute Gasteiger partial charge is 0.120 e. The molecule has 4 heteroatoms. The number of aromatic nitrogens is 2. The number of nitrogens with one attached hydrogen (secondary N) is 1. The van der Waals surface area contributed by atoms with Gasteiger partial charge in [-0.3, -0.25) is 4.68 Å². The summed E-state index contributed by atoms with van der Waals surface area (Å²) in [5, 5.41) is 17.3. The normalized spacial score (nSPS) is 12.6. The van der Waals surface area contributed by atoms with Crippen molar-refractivity contribution in [1.29, 1.82) is 0 Å². The lowest BCUT2D eigenvalue weighted by molar-refractivity contribution is 0.460. The zero-order valence-corrected chi connectivity index (χ0v) is 10.8. The highest BCUT2D eigenvalue weighted by atomic mass is 16.3. The second-order valence-electron chi connectivity index (χ2n) is 4.36. The number of benzene rings is 1. The first-order valence-corrected chi connectivity index (χ1v) is 6.23. The minimum Gasteiger partial charge on any atom is -0.508 e. The molecular formula is C14H19N3O. The number of phenolic OH excluding ortho intramolecular Hbond substituents is 1. The SMILES string of the molecule is CCn1cc(C(C)NCc2ccccc2O)cn1. The van der Waals surface area contributed by atoms with E-state index in [0.717, 1.165) is 17.7 Å². The lowest BCUT2D eigenvalue weighted by atomic mass is 10.1.